The Kier molecular flexibility index (Phi) is 8.35. The molecule has 3 atom stereocenters. The molecule has 0 aliphatic heterocycles. The molecule has 0 spiro atoms. The van der Waals surface area contributed by atoms with Crippen molar-refractivity contribution in [1.29, 1.82) is 0 Å². The quantitative estimate of drug-likeness (QED) is 0.318. The number of methoxy groups -OCH3 is 1. The van der Waals surface area contributed by atoms with Crippen LogP contribution in [0.25, 0.3) is 0 Å². The number of aromatic nitrogens is 1. The lowest BCUT2D eigenvalue weighted by molar-refractivity contribution is -0.157. The number of ether oxygens (including phenoxy) is 3. The molecular weight excluding hydrogens is 460 g/mol. The topological polar surface area (TPSA) is 95.0 Å². The van der Waals surface area contributed by atoms with Crippen molar-refractivity contribution in [3.8, 4) is 17.2 Å². The van der Waals surface area contributed by atoms with Crippen LogP contribution in [0.2, 0.25) is 0 Å². The van der Waals surface area contributed by atoms with Crippen LogP contribution < -0.4 is 9.47 Å². The summed E-state index contributed by atoms with van der Waals surface area (Å²) in [5.41, 5.74) is 0.325. The van der Waals surface area contributed by atoms with Gasteiger partial charge in [-0.1, -0.05) is 19.1 Å². The smallest absolute Gasteiger partial charge is 0.309 e. The average molecular weight is 485 g/mol. The number of hydrogen-bond donors (Lipinski definition) is 1. The molecule has 0 fully saturated rings. The Morgan fingerprint density at radius 2 is 1.57 bits per heavy atom. The minimum Gasteiger partial charge on any atom is -0.503 e. The lowest BCUT2D eigenvalue weighted by atomic mass is 10.0. The molecule has 1 unspecified atom stereocenters. The maximum atomic E-state index is 13.4. The zero-order chi connectivity index (χ0) is 25.5. The summed E-state index contributed by atoms with van der Waals surface area (Å²) < 4.78 is 43.2. The van der Waals surface area contributed by atoms with Crippen LogP contribution in [-0.4, -0.2) is 35.1 Å². The number of carbonyl (C=O) groups excluding carboxylic acids is 2. The second-order valence-electron chi connectivity index (χ2n) is 7.92. The van der Waals surface area contributed by atoms with E-state index in [0.29, 0.717) is 11.3 Å². The zero-order valence-corrected chi connectivity index (χ0v) is 19.4. The predicted molar refractivity (Wildman–Crippen MR) is 122 cm³/mol. The monoisotopic (exact) mass is 485 g/mol. The lowest BCUT2D eigenvalue weighted by Crippen LogP contribution is -2.30. The summed E-state index contributed by atoms with van der Waals surface area (Å²) in [4.78, 5) is 29.3. The Morgan fingerprint density at radius 3 is 2.17 bits per heavy atom. The highest BCUT2D eigenvalue weighted by Gasteiger charge is 2.29. The van der Waals surface area contributed by atoms with E-state index in [1.54, 1.807) is 6.92 Å². The van der Waals surface area contributed by atoms with E-state index in [2.05, 4.69) is 4.98 Å². The molecular formula is C26H25F2NO6. The fourth-order valence-corrected chi connectivity index (χ4v) is 3.37. The number of hydrogen-bond acceptors (Lipinski definition) is 7. The lowest BCUT2D eigenvalue weighted by Gasteiger charge is -2.26. The van der Waals surface area contributed by atoms with E-state index in [1.807, 2.05) is 0 Å². The number of esters is 1. The van der Waals surface area contributed by atoms with Gasteiger partial charge in [-0.2, -0.15) is 0 Å². The van der Waals surface area contributed by atoms with Crippen molar-refractivity contribution >= 4 is 11.8 Å². The molecule has 184 valence electrons. The summed E-state index contributed by atoms with van der Waals surface area (Å²) in [5.74, 6) is -2.97. The van der Waals surface area contributed by atoms with Gasteiger partial charge < -0.3 is 19.3 Å². The SMILES string of the molecule is COc1ccnc(C(=O)C[C@@H](C)C(=O)O[C@@H](C)C(Oc2ccc(F)cc2)c2ccc(F)cc2)c1O. The van der Waals surface area contributed by atoms with Gasteiger partial charge in [-0.05, 0) is 48.9 Å². The molecule has 0 aliphatic carbocycles. The first-order valence-corrected chi connectivity index (χ1v) is 10.8. The van der Waals surface area contributed by atoms with E-state index in [4.69, 9.17) is 14.2 Å². The van der Waals surface area contributed by atoms with Gasteiger partial charge in [-0.25, -0.2) is 13.8 Å². The largest absolute Gasteiger partial charge is 0.503 e. The first kappa shape index (κ1) is 25.6. The normalized spacial score (nSPS) is 13.4. The highest BCUT2D eigenvalue weighted by Crippen LogP contribution is 2.30. The number of pyridine rings is 1. The van der Waals surface area contributed by atoms with Gasteiger partial charge in [0.25, 0.3) is 0 Å². The molecule has 7 nitrogen and oxygen atoms in total. The van der Waals surface area contributed by atoms with Crippen LogP contribution in [0.5, 0.6) is 17.2 Å². The van der Waals surface area contributed by atoms with Crippen molar-refractivity contribution in [2.75, 3.05) is 7.11 Å². The van der Waals surface area contributed by atoms with Gasteiger partial charge in [0.05, 0.1) is 13.0 Å². The summed E-state index contributed by atoms with van der Waals surface area (Å²) in [7, 11) is 1.34. The maximum Gasteiger partial charge on any atom is 0.309 e. The van der Waals surface area contributed by atoms with Gasteiger partial charge in [0.15, 0.2) is 29.1 Å². The Balaban J connectivity index is 1.72. The molecule has 1 N–H and O–H groups in total. The summed E-state index contributed by atoms with van der Waals surface area (Å²) in [6, 6.07) is 12.2. The minimum atomic E-state index is -0.864. The van der Waals surface area contributed by atoms with E-state index in [-0.39, 0.29) is 17.9 Å². The van der Waals surface area contributed by atoms with E-state index < -0.39 is 47.3 Å². The third-order valence-electron chi connectivity index (χ3n) is 5.27. The molecule has 0 radical (unpaired) electrons. The van der Waals surface area contributed by atoms with Crippen LogP contribution in [0.15, 0.2) is 60.8 Å². The van der Waals surface area contributed by atoms with Gasteiger partial charge in [-0.15, -0.1) is 0 Å². The fourth-order valence-electron chi connectivity index (χ4n) is 3.37. The van der Waals surface area contributed by atoms with Crippen LogP contribution in [0.1, 0.15) is 42.4 Å². The fraction of sp³-hybridized carbons (Fsp3) is 0.269. The van der Waals surface area contributed by atoms with Gasteiger partial charge in [0.2, 0.25) is 0 Å². The van der Waals surface area contributed by atoms with Gasteiger partial charge in [0.1, 0.15) is 23.5 Å². The number of aromatic hydroxyl groups is 1. The Bertz CT molecular complexity index is 1170. The van der Waals surface area contributed by atoms with E-state index in [9.17, 15) is 23.5 Å². The second kappa shape index (κ2) is 11.4. The minimum absolute atomic E-state index is 0.0901. The van der Waals surface area contributed by atoms with E-state index >= 15 is 0 Å². The highest BCUT2D eigenvalue weighted by molar-refractivity contribution is 5.99. The van der Waals surface area contributed by atoms with Gasteiger partial charge in [0, 0.05) is 18.7 Å². The molecule has 35 heavy (non-hydrogen) atoms. The third-order valence-corrected chi connectivity index (χ3v) is 5.27. The van der Waals surface area contributed by atoms with Crippen LogP contribution in [0.3, 0.4) is 0 Å². The standard InChI is InChI=1S/C26H25F2NO6/c1-15(14-21(30)23-24(31)22(33-3)12-13-29-23)26(32)34-16(2)25(17-4-6-18(27)7-5-17)35-20-10-8-19(28)9-11-20/h4-13,15-16,25,31H,14H2,1-3H3/t15-,16+,25?/m1/s1. The van der Waals surface area contributed by atoms with Gasteiger partial charge in [-0.3, -0.25) is 9.59 Å². The number of halogens is 2. The Hall–Kier alpha value is -4.01. The average Bonchev–Trinajstić information content (AvgIpc) is 2.84. The van der Waals surface area contributed by atoms with Crippen LogP contribution in [0.4, 0.5) is 8.78 Å². The van der Waals surface area contributed by atoms with Crippen molar-refractivity contribution in [3.63, 3.8) is 0 Å². The Labute approximate surface area is 201 Å². The van der Waals surface area contributed by atoms with Crippen molar-refractivity contribution in [1.82, 2.24) is 4.98 Å². The molecule has 0 bridgehead atoms. The molecule has 2 aromatic carbocycles. The molecule has 0 aliphatic rings. The molecule has 1 heterocycles. The number of benzene rings is 2. The molecule has 9 heteroatoms. The van der Waals surface area contributed by atoms with Crippen molar-refractivity contribution in [3.05, 3.63) is 83.7 Å². The number of Topliss-reactive ketones (excluding diaryl/α,β-unsaturated/α-hetero) is 1. The van der Waals surface area contributed by atoms with Crippen molar-refractivity contribution in [2.45, 2.75) is 32.5 Å². The summed E-state index contributed by atoms with van der Waals surface area (Å²) in [6.07, 6.45) is -0.633. The molecule has 0 amide bonds. The number of ketones is 1. The number of nitrogens with zero attached hydrogens (tertiary/aromatic N) is 1. The molecule has 3 aromatic rings. The summed E-state index contributed by atoms with van der Waals surface area (Å²) >= 11 is 0. The second-order valence-corrected chi connectivity index (χ2v) is 7.92. The van der Waals surface area contributed by atoms with Crippen LogP contribution >= 0.6 is 0 Å². The molecule has 1 aromatic heterocycles. The van der Waals surface area contributed by atoms with Crippen LogP contribution in [0, 0.1) is 17.6 Å². The van der Waals surface area contributed by atoms with E-state index in [0.717, 1.165) is 0 Å². The Morgan fingerprint density at radius 1 is 0.971 bits per heavy atom. The number of rotatable bonds is 10. The first-order chi connectivity index (χ1) is 16.7. The molecule has 0 saturated carbocycles. The summed E-state index contributed by atoms with van der Waals surface area (Å²) in [5, 5.41) is 10.1. The van der Waals surface area contributed by atoms with E-state index in [1.165, 1.54) is 74.8 Å². The van der Waals surface area contributed by atoms with Crippen molar-refractivity contribution in [2.24, 2.45) is 5.92 Å². The first-order valence-electron chi connectivity index (χ1n) is 10.8. The maximum absolute atomic E-state index is 13.4. The summed E-state index contributed by atoms with van der Waals surface area (Å²) in [6.45, 7) is 3.11. The predicted octanol–water partition coefficient (Wildman–Crippen LogP) is 5.03. The zero-order valence-electron chi connectivity index (χ0n) is 19.4. The third kappa shape index (κ3) is 6.53. The van der Waals surface area contributed by atoms with Gasteiger partial charge >= 0.3 is 5.97 Å². The molecule has 3 rings (SSSR count). The van der Waals surface area contributed by atoms with Crippen LogP contribution in [-0.2, 0) is 9.53 Å². The highest BCUT2D eigenvalue weighted by atomic mass is 19.1. The van der Waals surface area contributed by atoms with Crippen molar-refractivity contribution < 1.29 is 37.7 Å². The molecule has 0 saturated heterocycles. The number of carbonyl (C=O) groups is 2.